The molecule has 0 bridgehead atoms. The maximum absolute atomic E-state index is 5.64. The molecule has 3 rings (SSSR count). The standard InChI is InChI=1S/C16H24N2O2/c1-12(18-11-14-3-2-7-19-14)9-13-4-5-16-15(10-13)17-6-8-20-16/h4-5,10,12,14,17-18H,2-3,6-9,11H2,1H3. The Morgan fingerprint density at radius 2 is 2.35 bits per heavy atom. The molecule has 4 nitrogen and oxygen atoms in total. The van der Waals surface area contributed by atoms with Crippen LogP contribution in [0.3, 0.4) is 0 Å². The Hall–Kier alpha value is -1.26. The number of ether oxygens (including phenoxy) is 2. The van der Waals surface area contributed by atoms with E-state index in [0.717, 1.165) is 44.2 Å². The van der Waals surface area contributed by atoms with Crippen molar-refractivity contribution in [3.63, 3.8) is 0 Å². The molecule has 1 aromatic rings. The van der Waals surface area contributed by atoms with Gasteiger partial charge >= 0.3 is 0 Å². The fraction of sp³-hybridized carbons (Fsp3) is 0.625. The Bertz CT molecular complexity index is 444. The molecule has 2 unspecified atom stereocenters. The van der Waals surface area contributed by atoms with Crippen LogP contribution in [0.5, 0.6) is 5.75 Å². The molecule has 2 aliphatic heterocycles. The van der Waals surface area contributed by atoms with Gasteiger partial charge in [0.1, 0.15) is 12.4 Å². The maximum atomic E-state index is 5.64. The molecule has 0 amide bonds. The second kappa shape index (κ2) is 6.46. The molecule has 20 heavy (non-hydrogen) atoms. The van der Waals surface area contributed by atoms with Gasteiger partial charge in [-0.1, -0.05) is 6.07 Å². The van der Waals surface area contributed by atoms with E-state index in [9.17, 15) is 0 Å². The SMILES string of the molecule is CC(Cc1ccc2c(c1)NCCO2)NCC1CCCO1. The molecule has 0 saturated carbocycles. The van der Waals surface area contributed by atoms with Crippen LogP contribution >= 0.6 is 0 Å². The first-order valence-electron chi connectivity index (χ1n) is 7.66. The van der Waals surface area contributed by atoms with Crippen molar-refractivity contribution in [1.29, 1.82) is 0 Å². The molecule has 2 N–H and O–H groups in total. The van der Waals surface area contributed by atoms with Crippen molar-refractivity contribution < 1.29 is 9.47 Å². The fourth-order valence-corrected chi connectivity index (χ4v) is 2.88. The molecule has 4 heteroatoms. The van der Waals surface area contributed by atoms with Crippen molar-refractivity contribution in [1.82, 2.24) is 5.32 Å². The van der Waals surface area contributed by atoms with E-state index in [-0.39, 0.29) is 0 Å². The largest absolute Gasteiger partial charge is 0.490 e. The van der Waals surface area contributed by atoms with Crippen LogP contribution in [-0.2, 0) is 11.2 Å². The summed E-state index contributed by atoms with van der Waals surface area (Å²) in [6.45, 7) is 5.78. The van der Waals surface area contributed by atoms with Crippen molar-refractivity contribution in [2.45, 2.75) is 38.3 Å². The zero-order valence-corrected chi connectivity index (χ0v) is 12.2. The number of hydrogen-bond donors (Lipinski definition) is 2. The van der Waals surface area contributed by atoms with Crippen LogP contribution in [0.1, 0.15) is 25.3 Å². The lowest BCUT2D eigenvalue weighted by molar-refractivity contribution is 0.108. The van der Waals surface area contributed by atoms with Gasteiger partial charge in [0, 0.05) is 25.7 Å². The third-order valence-corrected chi connectivity index (χ3v) is 3.98. The Balaban J connectivity index is 1.51. The van der Waals surface area contributed by atoms with Gasteiger partial charge in [0.2, 0.25) is 0 Å². The highest BCUT2D eigenvalue weighted by Crippen LogP contribution is 2.28. The van der Waals surface area contributed by atoms with Crippen molar-refractivity contribution >= 4 is 5.69 Å². The molecule has 2 heterocycles. The van der Waals surface area contributed by atoms with Crippen molar-refractivity contribution in [2.75, 3.05) is 31.6 Å². The lowest BCUT2D eigenvalue weighted by Crippen LogP contribution is -2.34. The summed E-state index contributed by atoms with van der Waals surface area (Å²) < 4.78 is 11.2. The molecule has 110 valence electrons. The molecule has 2 atom stereocenters. The van der Waals surface area contributed by atoms with Gasteiger partial charge in [-0.3, -0.25) is 0 Å². The average Bonchev–Trinajstić information content (AvgIpc) is 2.98. The van der Waals surface area contributed by atoms with Crippen LogP contribution < -0.4 is 15.4 Å². The van der Waals surface area contributed by atoms with Crippen molar-refractivity contribution in [3.8, 4) is 5.75 Å². The number of benzene rings is 1. The van der Waals surface area contributed by atoms with Gasteiger partial charge in [-0.05, 0) is 43.9 Å². The molecule has 2 aliphatic rings. The average molecular weight is 276 g/mol. The summed E-state index contributed by atoms with van der Waals surface area (Å²) in [4.78, 5) is 0. The summed E-state index contributed by atoms with van der Waals surface area (Å²) in [6.07, 6.45) is 3.84. The normalized spacial score (nSPS) is 22.8. The summed E-state index contributed by atoms with van der Waals surface area (Å²) >= 11 is 0. The highest BCUT2D eigenvalue weighted by Gasteiger charge is 2.16. The summed E-state index contributed by atoms with van der Waals surface area (Å²) in [5, 5.41) is 6.96. The van der Waals surface area contributed by atoms with E-state index in [4.69, 9.17) is 9.47 Å². The summed E-state index contributed by atoms with van der Waals surface area (Å²) in [6, 6.07) is 6.90. The van der Waals surface area contributed by atoms with Gasteiger partial charge in [-0.2, -0.15) is 0 Å². The highest BCUT2D eigenvalue weighted by molar-refractivity contribution is 5.59. The lowest BCUT2D eigenvalue weighted by Gasteiger charge is -2.21. The van der Waals surface area contributed by atoms with E-state index >= 15 is 0 Å². The molecule has 1 saturated heterocycles. The molecular formula is C16H24N2O2. The predicted molar refractivity (Wildman–Crippen MR) is 80.6 cm³/mol. The maximum Gasteiger partial charge on any atom is 0.142 e. The Kier molecular flexibility index (Phi) is 4.43. The van der Waals surface area contributed by atoms with Crippen LogP contribution in [0, 0.1) is 0 Å². The number of fused-ring (bicyclic) bond motifs is 1. The number of rotatable bonds is 5. The van der Waals surface area contributed by atoms with E-state index < -0.39 is 0 Å². The van der Waals surface area contributed by atoms with Gasteiger partial charge in [0.25, 0.3) is 0 Å². The smallest absolute Gasteiger partial charge is 0.142 e. The fourth-order valence-electron chi connectivity index (χ4n) is 2.88. The van der Waals surface area contributed by atoms with Gasteiger partial charge in [-0.15, -0.1) is 0 Å². The number of hydrogen-bond acceptors (Lipinski definition) is 4. The van der Waals surface area contributed by atoms with Gasteiger partial charge in [-0.25, -0.2) is 0 Å². The van der Waals surface area contributed by atoms with Crippen molar-refractivity contribution in [2.24, 2.45) is 0 Å². The lowest BCUT2D eigenvalue weighted by atomic mass is 10.1. The quantitative estimate of drug-likeness (QED) is 0.865. The number of anilines is 1. The first-order chi connectivity index (χ1) is 9.81. The minimum atomic E-state index is 0.413. The molecule has 0 spiro atoms. The molecule has 1 aromatic carbocycles. The third kappa shape index (κ3) is 3.44. The second-order valence-corrected chi connectivity index (χ2v) is 5.75. The van der Waals surface area contributed by atoms with Gasteiger partial charge in [0.15, 0.2) is 0 Å². The van der Waals surface area contributed by atoms with Crippen LogP contribution in [0.25, 0.3) is 0 Å². The zero-order valence-electron chi connectivity index (χ0n) is 12.2. The Labute approximate surface area is 120 Å². The van der Waals surface area contributed by atoms with E-state index in [1.807, 2.05) is 0 Å². The van der Waals surface area contributed by atoms with Crippen LogP contribution in [0.15, 0.2) is 18.2 Å². The predicted octanol–water partition coefficient (Wildman–Crippen LogP) is 2.19. The van der Waals surface area contributed by atoms with Gasteiger partial charge in [0.05, 0.1) is 11.8 Å². The van der Waals surface area contributed by atoms with Crippen molar-refractivity contribution in [3.05, 3.63) is 23.8 Å². The summed E-state index contributed by atoms with van der Waals surface area (Å²) in [5.74, 6) is 0.972. The van der Waals surface area contributed by atoms with E-state index in [2.05, 4.69) is 35.8 Å². The minimum Gasteiger partial charge on any atom is -0.490 e. The van der Waals surface area contributed by atoms with Gasteiger partial charge < -0.3 is 20.1 Å². The molecular weight excluding hydrogens is 252 g/mol. The monoisotopic (exact) mass is 276 g/mol. The third-order valence-electron chi connectivity index (χ3n) is 3.98. The zero-order chi connectivity index (χ0) is 13.8. The van der Waals surface area contributed by atoms with Crippen LogP contribution in [0.4, 0.5) is 5.69 Å². The first-order valence-corrected chi connectivity index (χ1v) is 7.66. The van der Waals surface area contributed by atoms with Crippen LogP contribution in [-0.4, -0.2) is 38.4 Å². The Morgan fingerprint density at radius 3 is 3.20 bits per heavy atom. The summed E-state index contributed by atoms with van der Waals surface area (Å²) in [7, 11) is 0. The van der Waals surface area contributed by atoms with E-state index in [1.165, 1.54) is 18.4 Å². The topological polar surface area (TPSA) is 42.5 Å². The molecule has 0 aliphatic carbocycles. The Morgan fingerprint density at radius 1 is 1.40 bits per heavy atom. The van der Waals surface area contributed by atoms with Crippen LogP contribution in [0.2, 0.25) is 0 Å². The van der Waals surface area contributed by atoms with E-state index in [1.54, 1.807) is 0 Å². The number of nitrogens with one attached hydrogen (secondary N) is 2. The van der Waals surface area contributed by atoms with E-state index in [0.29, 0.717) is 12.1 Å². The molecule has 1 fully saturated rings. The summed E-state index contributed by atoms with van der Waals surface area (Å²) in [5.41, 5.74) is 2.47. The first kappa shape index (κ1) is 13.7. The second-order valence-electron chi connectivity index (χ2n) is 5.75. The molecule has 0 radical (unpaired) electrons. The highest BCUT2D eigenvalue weighted by atomic mass is 16.5. The molecule has 0 aromatic heterocycles. The minimum absolute atomic E-state index is 0.413.